The van der Waals surface area contributed by atoms with Crippen LogP contribution in [0.3, 0.4) is 0 Å². The van der Waals surface area contributed by atoms with Gasteiger partial charge in [-0.25, -0.2) is 14.6 Å². The molecule has 3 N–H and O–H groups in total. The number of esters is 2. The van der Waals surface area contributed by atoms with E-state index in [1.54, 1.807) is 0 Å². The Labute approximate surface area is 465 Å². The molecule has 0 spiro atoms. The van der Waals surface area contributed by atoms with Gasteiger partial charge in [0.05, 0.1) is 5.70 Å². The number of allylic oxidation sites excluding steroid dienone is 1. The highest BCUT2D eigenvalue weighted by molar-refractivity contribution is 6.63. The molecule has 2 heterocycles. The molecule has 2 fully saturated rings. The number of hydrogen-bond acceptors (Lipinski definition) is 8. The van der Waals surface area contributed by atoms with Crippen LogP contribution >= 0.6 is 11.6 Å². The second-order valence-electron chi connectivity index (χ2n) is 28.7. The van der Waals surface area contributed by atoms with Gasteiger partial charge in [0.25, 0.3) is 0 Å². The number of carbonyl (C=O) groups excluding carboxylic acids is 5. The van der Waals surface area contributed by atoms with Gasteiger partial charge in [-0.05, 0) is 138 Å². The lowest BCUT2D eigenvalue weighted by Gasteiger charge is -2.50. The van der Waals surface area contributed by atoms with Crippen LogP contribution in [0, 0.1) is 73.9 Å². The number of amides is 2. The van der Waals surface area contributed by atoms with Gasteiger partial charge in [-0.15, -0.1) is 0 Å². The maximum absolute atomic E-state index is 15.6. The molecule has 0 saturated heterocycles. The number of rotatable bonds is 18. The van der Waals surface area contributed by atoms with E-state index in [0.717, 1.165) is 25.7 Å². The van der Waals surface area contributed by atoms with Crippen molar-refractivity contribution in [3.05, 3.63) is 33.7 Å². The summed E-state index contributed by atoms with van der Waals surface area (Å²) in [5.74, 6) is -0.661. The Kier molecular flexibility index (Phi) is 21.1. The lowest BCUT2D eigenvalue weighted by Crippen LogP contribution is -2.50. The number of aromatic nitrogens is 1. The van der Waals surface area contributed by atoms with Crippen LogP contribution in [-0.2, 0) is 28.7 Å². The van der Waals surface area contributed by atoms with Gasteiger partial charge in [-0.3, -0.25) is 14.4 Å². The van der Waals surface area contributed by atoms with Gasteiger partial charge >= 0.3 is 11.9 Å². The summed E-state index contributed by atoms with van der Waals surface area (Å²) in [6, 6.07) is 0. The van der Waals surface area contributed by atoms with Crippen LogP contribution in [0.15, 0.2) is 21.8 Å². The molecular formula is C64H105ClN4O7. The molecule has 4 atom stereocenters. The zero-order valence-corrected chi connectivity index (χ0v) is 52.6. The number of ether oxygens (including phenoxy) is 2. The van der Waals surface area contributed by atoms with Gasteiger partial charge < -0.3 is 25.1 Å². The second kappa shape index (κ2) is 24.7. The molecule has 12 heteroatoms. The molecule has 11 nitrogen and oxygen atoms in total. The Morgan fingerprint density at radius 1 is 0.618 bits per heavy atom. The van der Waals surface area contributed by atoms with Crippen LogP contribution in [0.1, 0.15) is 257 Å². The largest absolute Gasteiger partial charge is 0.458 e. The molecule has 3 aliphatic rings. The van der Waals surface area contributed by atoms with Crippen molar-refractivity contribution < 1.29 is 33.4 Å². The van der Waals surface area contributed by atoms with Gasteiger partial charge in [-0.1, -0.05) is 159 Å². The summed E-state index contributed by atoms with van der Waals surface area (Å²) in [5, 5.41) is 5.85. The van der Waals surface area contributed by atoms with Crippen LogP contribution in [0.5, 0.6) is 0 Å². The number of nitrogens with zero attached hydrogens (tertiary/aromatic N) is 1. The summed E-state index contributed by atoms with van der Waals surface area (Å²) in [6.07, 6.45) is 7.61. The first-order valence-corrected chi connectivity index (χ1v) is 29.8. The lowest BCUT2D eigenvalue weighted by atomic mass is 9.59. The maximum atomic E-state index is 15.6. The SMILES string of the molecule is CCC(CC)(CCC(=O)Cl)C(=O)NC1=N/C(=C\c2[nH]c(NC(=O)C(CC)(CC)CC)c(C(=O)OC3C(C(C)(C)C)CC(C)CC3C(C)(C)C)c2C(C)C)C(C(C)C)=C1C(=O)OC1C(C(C)(C)C)CC(C)CC1C(C)(C)C. The van der Waals surface area contributed by atoms with Crippen LogP contribution in [0.4, 0.5) is 5.82 Å². The Balaban J connectivity index is 2.11. The Morgan fingerprint density at radius 2 is 1.01 bits per heavy atom. The highest BCUT2D eigenvalue weighted by atomic mass is 35.5. The third-order valence-electron chi connectivity index (χ3n) is 18.7. The lowest BCUT2D eigenvalue weighted by molar-refractivity contribution is -0.164. The number of aliphatic imine (C=N–C) groups is 1. The van der Waals surface area contributed by atoms with E-state index in [-0.39, 0.29) is 111 Å². The first-order chi connectivity index (χ1) is 34.9. The fourth-order valence-corrected chi connectivity index (χ4v) is 13.5. The summed E-state index contributed by atoms with van der Waals surface area (Å²) >= 11 is 5.89. The van der Waals surface area contributed by atoms with Crippen molar-refractivity contribution in [2.24, 2.45) is 78.9 Å². The maximum Gasteiger partial charge on any atom is 0.342 e. The Bertz CT molecular complexity index is 2290. The van der Waals surface area contributed by atoms with E-state index in [1.807, 2.05) is 68.4 Å². The molecule has 0 bridgehead atoms. The topological polar surface area (TPSA) is 156 Å². The van der Waals surface area contributed by atoms with E-state index < -0.39 is 34.1 Å². The molecular weight excluding hydrogens is 972 g/mol. The number of aromatic amines is 1. The van der Waals surface area contributed by atoms with Gasteiger partial charge in [0, 0.05) is 46.6 Å². The van der Waals surface area contributed by atoms with Crippen molar-refractivity contribution in [3.8, 4) is 0 Å². The van der Waals surface area contributed by atoms with Gasteiger partial charge in [-0.2, -0.15) is 0 Å². The Hall–Kier alpha value is -3.73. The van der Waals surface area contributed by atoms with Crippen molar-refractivity contribution in [2.75, 3.05) is 5.32 Å². The van der Waals surface area contributed by atoms with Crippen LogP contribution < -0.4 is 10.6 Å². The van der Waals surface area contributed by atoms with Crippen LogP contribution in [-0.4, -0.2) is 52.0 Å². The van der Waals surface area contributed by atoms with Crippen LogP contribution in [0.2, 0.25) is 0 Å². The van der Waals surface area contributed by atoms with Crippen molar-refractivity contribution in [1.82, 2.24) is 10.3 Å². The quantitative estimate of drug-likeness (QED) is 0.0976. The molecule has 1 aromatic rings. The second-order valence-corrected chi connectivity index (χ2v) is 29.1. The average Bonchev–Trinajstić information content (AvgIpc) is 3.84. The van der Waals surface area contributed by atoms with Gasteiger partial charge in [0.15, 0.2) is 0 Å². The summed E-state index contributed by atoms with van der Waals surface area (Å²) in [6.45, 7) is 49.3. The standard InChI is InChI=1S/C64H105ClN4O7/c1-24-63(25-2,26-3)57(73)68-53-49(55(71)75-51-40(59(12,13)14)31-38(10)32-41(51)60(15,16)17)47(36(6)7)44(66-53)35-45-48(37(8)9)50(54(67-45)69-58(74)64(27-4,28-5)30-29-46(65)70)56(72)76-52-42(61(18,19)20)33-39(11)34-43(52)62(21,22)23/h35-43,51-52,66H,24-34H2,1-23H3,(H,68,73)(H,67,69,74)/b45-35-. The molecule has 2 amide bonds. The third kappa shape index (κ3) is 14.4. The van der Waals surface area contributed by atoms with E-state index in [2.05, 4.69) is 113 Å². The van der Waals surface area contributed by atoms with E-state index in [4.69, 9.17) is 26.1 Å². The van der Waals surface area contributed by atoms with Gasteiger partial charge in [0.1, 0.15) is 35.0 Å². The van der Waals surface area contributed by atoms with Crippen molar-refractivity contribution in [2.45, 2.75) is 248 Å². The normalized spacial score (nSPS) is 24.8. The first-order valence-electron chi connectivity index (χ1n) is 29.4. The fraction of sp³-hybridized carbons (Fsp3) is 0.781. The summed E-state index contributed by atoms with van der Waals surface area (Å²) in [5.41, 5.74) is 0.286. The molecule has 4 rings (SSSR count). The number of anilines is 1. The monoisotopic (exact) mass is 1080 g/mol. The number of nitrogens with one attached hydrogen (secondary N) is 3. The number of carbonyl (C=O) groups is 5. The molecule has 2 aliphatic carbocycles. The third-order valence-corrected chi connectivity index (χ3v) is 18.9. The zero-order chi connectivity index (χ0) is 58.0. The average molecular weight is 1080 g/mol. The smallest absolute Gasteiger partial charge is 0.342 e. The van der Waals surface area contributed by atoms with E-state index in [1.165, 1.54) is 0 Å². The predicted octanol–water partition coefficient (Wildman–Crippen LogP) is 16.4. The van der Waals surface area contributed by atoms with Crippen molar-refractivity contribution in [1.29, 1.82) is 0 Å². The van der Waals surface area contributed by atoms with E-state index in [9.17, 15) is 14.4 Å². The molecule has 2 saturated carbocycles. The minimum absolute atomic E-state index is 0.0106. The molecule has 0 radical (unpaired) electrons. The number of H-pyrrole nitrogens is 1. The number of hydrogen-bond donors (Lipinski definition) is 3. The fourth-order valence-electron chi connectivity index (χ4n) is 13.4. The highest BCUT2D eigenvalue weighted by Gasteiger charge is 2.51. The summed E-state index contributed by atoms with van der Waals surface area (Å²) in [7, 11) is 0. The predicted molar refractivity (Wildman–Crippen MR) is 313 cm³/mol. The zero-order valence-electron chi connectivity index (χ0n) is 51.8. The minimum atomic E-state index is -0.980. The first kappa shape index (κ1) is 64.8. The molecule has 0 aromatic carbocycles. The van der Waals surface area contributed by atoms with E-state index >= 15 is 9.59 Å². The minimum Gasteiger partial charge on any atom is -0.458 e. The van der Waals surface area contributed by atoms with Crippen molar-refractivity contribution >= 4 is 58.3 Å². The molecule has 1 aromatic heterocycles. The van der Waals surface area contributed by atoms with Crippen molar-refractivity contribution in [3.63, 3.8) is 0 Å². The number of amidine groups is 1. The molecule has 430 valence electrons. The molecule has 4 unspecified atom stereocenters. The summed E-state index contributed by atoms with van der Waals surface area (Å²) in [4.78, 5) is 81.5. The number of halogens is 1. The van der Waals surface area contributed by atoms with Gasteiger partial charge in [0.2, 0.25) is 17.1 Å². The molecule has 1 aliphatic heterocycles. The summed E-state index contributed by atoms with van der Waals surface area (Å²) < 4.78 is 13.9. The van der Waals surface area contributed by atoms with E-state index in [0.29, 0.717) is 66.5 Å². The highest BCUT2D eigenvalue weighted by Crippen LogP contribution is 2.52. The molecule has 76 heavy (non-hydrogen) atoms. The van der Waals surface area contributed by atoms with Crippen LogP contribution in [0.25, 0.3) is 6.08 Å². The Morgan fingerprint density at radius 3 is 1.37 bits per heavy atom.